The van der Waals surface area contributed by atoms with Gasteiger partial charge in [-0.2, -0.15) is 0 Å². The predicted octanol–water partition coefficient (Wildman–Crippen LogP) is 12.1. The maximum absolute atomic E-state index is 12.7. The number of phosphoric ester groups is 1. The number of nitrogens with zero attached hydrogens (tertiary/aromatic N) is 1. The van der Waals surface area contributed by atoms with E-state index in [0.717, 1.165) is 51.4 Å². The Balaban J connectivity index is 4.33. The quantitative estimate of drug-likeness (QED) is 0.0198. The van der Waals surface area contributed by atoms with Crippen LogP contribution in [0.3, 0.4) is 0 Å². The number of carbonyl (C=O) groups excluding carboxylic acids is 2. The maximum atomic E-state index is 12.7. The van der Waals surface area contributed by atoms with E-state index in [-0.39, 0.29) is 32.0 Å². The molecule has 0 saturated heterocycles. The second-order valence-corrected chi connectivity index (χ2v) is 17.8. The summed E-state index contributed by atoms with van der Waals surface area (Å²) in [6.07, 6.45) is 40.5. The highest BCUT2D eigenvalue weighted by Crippen LogP contribution is 2.38. The van der Waals surface area contributed by atoms with E-state index in [1.165, 1.54) is 116 Å². The number of ether oxygens (including phenoxy) is 2. The summed E-state index contributed by atoms with van der Waals surface area (Å²) in [5, 5.41) is 0. The van der Waals surface area contributed by atoms with Crippen molar-refractivity contribution < 1.29 is 42.1 Å². The Morgan fingerprint density at radius 1 is 0.545 bits per heavy atom. The third-order valence-corrected chi connectivity index (χ3v) is 10.7. The maximum Gasteiger partial charge on any atom is 0.306 e. The molecule has 55 heavy (non-hydrogen) atoms. The molecule has 0 spiro atoms. The van der Waals surface area contributed by atoms with E-state index in [4.69, 9.17) is 18.5 Å². The number of allylic oxidation sites excluding steroid dienone is 4. The first-order valence-corrected chi connectivity index (χ1v) is 24.0. The van der Waals surface area contributed by atoms with Crippen molar-refractivity contribution in [3.8, 4) is 0 Å². The molecule has 0 aromatic rings. The van der Waals surface area contributed by atoms with Gasteiger partial charge in [0.05, 0.1) is 27.7 Å². The fraction of sp³-hybridized carbons (Fsp3) is 0.867. The summed E-state index contributed by atoms with van der Waals surface area (Å²) in [6, 6.07) is 0. The number of likely N-dealkylation sites (N-methyl/N-ethyl adjacent to an activating group) is 1. The van der Waals surface area contributed by atoms with Gasteiger partial charge in [0.25, 0.3) is 7.82 Å². The first kappa shape index (κ1) is 53.5. The van der Waals surface area contributed by atoms with E-state index < -0.39 is 26.5 Å². The summed E-state index contributed by atoms with van der Waals surface area (Å²) in [6.45, 7) is 4.20. The summed E-state index contributed by atoms with van der Waals surface area (Å²) in [5.41, 5.74) is 0. The van der Waals surface area contributed by atoms with Gasteiger partial charge < -0.3 is 27.9 Å². The topological polar surface area (TPSA) is 111 Å². The molecule has 0 aromatic carbocycles. The zero-order valence-electron chi connectivity index (χ0n) is 36.4. The van der Waals surface area contributed by atoms with Gasteiger partial charge in [0.2, 0.25) is 0 Å². The minimum Gasteiger partial charge on any atom is -0.756 e. The summed E-state index contributed by atoms with van der Waals surface area (Å²) < 4.78 is 33.9. The number of hydrogen-bond acceptors (Lipinski definition) is 8. The number of hydrogen-bond donors (Lipinski definition) is 0. The third kappa shape index (κ3) is 41.9. The van der Waals surface area contributed by atoms with Gasteiger partial charge in [-0.3, -0.25) is 14.2 Å². The molecule has 9 nitrogen and oxygen atoms in total. The van der Waals surface area contributed by atoms with Crippen LogP contribution in [0.2, 0.25) is 0 Å². The largest absolute Gasteiger partial charge is 0.756 e. The van der Waals surface area contributed by atoms with Crippen molar-refractivity contribution in [1.29, 1.82) is 0 Å². The van der Waals surface area contributed by atoms with Gasteiger partial charge in [-0.15, -0.1) is 0 Å². The summed E-state index contributed by atoms with van der Waals surface area (Å²) in [5.74, 6) is -0.842. The van der Waals surface area contributed by atoms with Crippen LogP contribution in [-0.2, 0) is 32.7 Å². The fourth-order valence-electron chi connectivity index (χ4n) is 6.11. The van der Waals surface area contributed by atoms with Crippen LogP contribution < -0.4 is 4.89 Å². The lowest BCUT2D eigenvalue weighted by Gasteiger charge is -2.28. The van der Waals surface area contributed by atoms with E-state index in [1.54, 1.807) is 0 Å². The smallest absolute Gasteiger partial charge is 0.306 e. The molecule has 0 radical (unpaired) electrons. The van der Waals surface area contributed by atoms with Gasteiger partial charge in [-0.05, 0) is 64.2 Å². The van der Waals surface area contributed by atoms with Crippen LogP contribution >= 0.6 is 7.82 Å². The van der Waals surface area contributed by atoms with E-state index in [0.29, 0.717) is 17.4 Å². The molecule has 0 amide bonds. The Bertz CT molecular complexity index is 996. The zero-order valence-corrected chi connectivity index (χ0v) is 37.3. The highest BCUT2D eigenvalue weighted by Gasteiger charge is 2.21. The molecule has 0 aliphatic carbocycles. The SMILES string of the molecule is CCCCCC/C=C/CCCCCCCCCCCC(=O)OC[C@H](COP(=O)([O-])OCC[N+](C)(C)C)OC(=O)CCCCCCC/C=C/CCCCCCC. The zero-order chi connectivity index (χ0) is 40.7. The van der Waals surface area contributed by atoms with Crippen molar-refractivity contribution in [1.82, 2.24) is 0 Å². The van der Waals surface area contributed by atoms with Crippen LogP contribution in [0.5, 0.6) is 0 Å². The van der Waals surface area contributed by atoms with Crippen LogP contribution in [0, 0.1) is 0 Å². The lowest BCUT2D eigenvalue weighted by atomic mass is 10.1. The number of carbonyl (C=O) groups is 2. The molecule has 0 heterocycles. The second-order valence-electron chi connectivity index (χ2n) is 16.4. The molecule has 0 aliphatic heterocycles. The van der Waals surface area contributed by atoms with Crippen LogP contribution in [0.25, 0.3) is 0 Å². The number of quaternary nitrogens is 1. The Morgan fingerprint density at radius 3 is 1.36 bits per heavy atom. The van der Waals surface area contributed by atoms with E-state index in [2.05, 4.69) is 38.2 Å². The van der Waals surface area contributed by atoms with Crippen molar-refractivity contribution >= 4 is 19.8 Å². The normalized spacial score (nSPS) is 13.8. The first-order chi connectivity index (χ1) is 26.5. The molecule has 10 heteroatoms. The minimum atomic E-state index is -4.62. The number of phosphoric acid groups is 1. The van der Waals surface area contributed by atoms with Gasteiger partial charge in [0.1, 0.15) is 19.8 Å². The van der Waals surface area contributed by atoms with E-state index in [1.807, 2.05) is 21.1 Å². The Hall–Kier alpha value is -1.51. The van der Waals surface area contributed by atoms with Crippen LogP contribution in [0.4, 0.5) is 0 Å². The number of esters is 2. The molecule has 0 fully saturated rings. The van der Waals surface area contributed by atoms with Crippen molar-refractivity contribution in [2.24, 2.45) is 0 Å². The molecule has 1 unspecified atom stereocenters. The Labute approximate surface area is 339 Å². The van der Waals surface area contributed by atoms with Crippen molar-refractivity contribution in [2.45, 2.75) is 206 Å². The van der Waals surface area contributed by atoms with Crippen molar-refractivity contribution in [2.75, 3.05) is 47.5 Å². The molecule has 0 saturated carbocycles. The average molecular weight is 800 g/mol. The van der Waals surface area contributed by atoms with Gasteiger partial charge in [-0.1, -0.05) is 147 Å². The fourth-order valence-corrected chi connectivity index (χ4v) is 6.84. The number of rotatable bonds is 41. The minimum absolute atomic E-state index is 0.0314. The Morgan fingerprint density at radius 2 is 0.927 bits per heavy atom. The monoisotopic (exact) mass is 800 g/mol. The summed E-state index contributed by atoms with van der Waals surface area (Å²) >= 11 is 0. The highest BCUT2D eigenvalue weighted by molar-refractivity contribution is 7.45. The molecule has 324 valence electrons. The van der Waals surface area contributed by atoms with Crippen molar-refractivity contribution in [3.05, 3.63) is 24.3 Å². The molecule has 2 atom stereocenters. The second kappa shape index (κ2) is 38.0. The number of unbranched alkanes of at least 4 members (excludes halogenated alkanes) is 23. The van der Waals surface area contributed by atoms with Crippen LogP contribution in [0.15, 0.2) is 24.3 Å². The first-order valence-electron chi connectivity index (χ1n) is 22.5. The van der Waals surface area contributed by atoms with Gasteiger partial charge >= 0.3 is 11.9 Å². The molecule has 0 aromatic heterocycles. The van der Waals surface area contributed by atoms with Gasteiger partial charge in [0.15, 0.2) is 6.10 Å². The standard InChI is InChI=1S/C45H86NO8P/c1-6-8-10-12-14-16-18-20-22-23-24-26-27-29-31-33-35-37-44(47)51-41-43(42-53-55(49,50)52-40-39-46(3,4)5)54-45(48)38-36-34-32-30-28-25-21-19-17-15-13-11-9-7-2/h16,18-19,21,43H,6-15,17,20,22-42H2,1-5H3/b18-16+,21-19+/t43-/m1/s1. The van der Waals surface area contributed by atoms with Gasteiger partial charge in [0, 0.05) is 12.8 Å². The lowest BCUT2D eigenvalue weighted by Crippen LogP contribution is -2.37. The van der Waals surface area contributed by atoms with E-state index in [9.17, 15) is 19.0 Å². The van der Waals surface area contributed by atoms with Crippen LogP contribution in [0.1, 0.15) is 200 Å². The lowest BCUT2D eigenvalue weighted by molar-refractivity contribution is -0.870. The van der Waals surface area contributed by atoms with Crippen molar-refractivity contribution in [3.63, 3.8) is 0 Å². The molecule has 0 N–H and O–H groups in total. The molecule has 0 aliphatic rings. The Kier molecular flexibility index (Phi) is 37.0. The highest BCUT2D eigenvalue weighted by atomic mass is 31.2. The molecular formula is C45H86NO8P. The molecular weight excluding hydrogens is 713 g/mol. The molecule has 0 bridgehead atoms. The van der Waals surface area contributed by atoms with E-state index >= 15 is 0 Å². The summed E-state index contributed by atoms with van der Waals surface area (Å²) in [7, 11) is 1.16. The van der Waals surface area contributed by atoms with Gasteiger partial charge in [-0.25, -0.2) is 0 Å². The third-order valence-electron chi connectivity index (χ3n) is 9.69. The summed E-state index contributed by atoms with van der Waals surface area (Å²) in [4.78, 5) is 37.5. The average Bonchev–Trinajstić information content (AvgIpc) is 3.13. The predicted molar refractivity (Wildman–Crippen MR) is 227 cm³/mol. The van der Waals surface area contributed by atoms with Crippen LogP contribution in [-0.4, -0.2) is 70.0 Å². The molecule has 0 rings (SSSR count).